The van der Waals surface area contributed by atoms with Gasteiger partial charge in [-0.1, -0.05) is 157 Å². The molecule has 0 radical (unpaired) electrons. The summed E-state index contributed by atoms with van der Waals surface area (Å²) in [6.45, 7) is 16.3. The van der Waals surface area contributed by atoms with Crippen molar-refractivity contribution in [3.8, 4) is 44.5 Å². The molecule has 11 rings (SSSR count). The third kappa shape index (κ3) is 7.32. The van der Waals surface area contributed by atoms with E-state index in [1.807, 2.05) is 0 Å². The number of hydrogen-bond donors (Lipinski definition) is 0. The second kappa shape index (κ2) is 17.8. The molecule has 0 atom stereocenters. The van der Waals surface area contributed by atoms with Crippen LogP contribution in [0.25, 0.3) is 44.5 Å². The van der Waals surface area contributed by atoms with Gasteiger partial charge in [0, 0.05) is 39.3 Å². The zero-order valence-corrected chi connectivity index (χ0v) is 41.3. The molecule has 0 unspecified atom stereocenters. The first-order valence-corrected chi connectivity index (χ1v) is 25.7. The van der Waals surface area contributed by atoms with Gasteiger partial charge in [0.2, 0.25) is 0 Å². The lowest BCUT2D eigenvalue weighted by Crippen LogP contribution is -2.61. The summed E-state index contributed by atoms with van der Waals surface area (Å²) < 4.78 is 0. The highest BCUT2D eigenvalue weighted by molar-refractivity contribution is 6.93. The van der Waals surface area contributed by atoms with Crippen LogP contribution in [0.1, 0.15) is 112 Å². The lowest BCUT2D eigenvalue weighted by molar-refractivity contribution is 0.660. The van der Waals surface area contributed by atoms with E-state index in [1.54, 1.807) is 0 Å². The standard InChI is InChI=1S/C65H65BN2/c1-8-11-22-45-29-33-50(34-30-45)68-60-36-32-47(24-13-10-3)38-54(60)55-39-49(63-43(4)20-19-21-44(63)5)40-62-64(55)66(68)58-41-53-51-27-17-18-28-56(51)65(6,7)57(53)42-61(58)67(62)59-35-31-46(23-12-9-2)37-52(59)48-25-15-14-16-26-48/h14-21,25-42H,8-13,22-24H2,1-7H3. The number of nitrogens with zero attached hydrogens (tertiary/aromatic N) is 2. The fourth-order valence-electron chi connectivity index (χ4n) is 12.1. The van der Waals surface area contributed by atoms with Crippen molar-refractivity contribution in [3.05, 3.63) is 197 Å². The molecular formula is C65H65BN2. The Labute approximate surface area is 406 Å². The Kier molecular flexibility index (Phi) is 11.5. The van der Waals surface area contributed by atoms with E-state index in [2.05, 4.69) is 216 Å². The Morgan fingerprint density at radius 3 is 1.75 bits per heavy atom. The number of hydrogen-bond acceptors (Lipinski definition) is 2. The van der Waals surface area contributed by atoms with Gasteiger partial charge in [0.05, 0.1) is 5.69 Å². The van der Waals surface area contributed by atoms with Gasteiger partial charge in [0.15, 0.2) is 0 Å². The zero-order valence-electron chi connectivity index (χ0n) is 41.3. The van der Waals surface area contributed by atoms with Crippen molar-refractivity contribution < 1.29 is 0 Å². The molecule has 2 nitrogen and oxygen atoms in total. The highest BCUT2D eigenvalue weighted by Gasteiger charge is 2.48. The molecule has 1 aliphatic carbocycles. The molecule has 8 aromatic carbocycles. The first-order chi connectivity index (χ1) is 33.2. The minimum atomic E-state index is -0.174. The predicted octanol–water partition coefficient (Wildman–Crippen LogP) is 16.7. The van der Waals surface area contributed by atoms with Crippen LogP contribution in [-0.4, -0.2) is 6.85 Å². The van der Waals surface area contributed by atoms with Gasteiger partial charge in [-0.15, -0.1) is 0 Å². The van der Waals surface area contributed by atoms with Crippen molar-refractivity contribution in [3.63, 3.8) is 0 Å². The summed E-state index contributed by atoms with van der Waals surface area (Å²) in [4.78, 5) is 5.42. The molecule has 3 heteroatoms. The zero-order chi connectivity index (χ0) is 46.7. The molecule has 8 aromatic rings. The van der Waals surface area contributed by atoms with Crippen molar-refractivity contribution in [2.45, 2.75) is 112 Å². The van der Waals surface area contributed by atoms with Crippen molar-refractivity contribution in [1.82, 2.24) is 0 Å². The van der Waals surface area contributed by atoms with Gasteiger partial charge in [-0.2, -0.15) is 0 Å². The fraction of sp³-hybridized carbons (Fsp3) is 0.262. The summed E-state index contributed by atoms with van der Waals surface area (Å²) in [7, 11) is 0. The van der Waals surface area contributed by atoms with Crippen molar-refractivity contribution in [2.75, 3.05) is 9.71 Å². The molecule has 2 heterocycles. The Balaban J connectivity index is 1.28. The highest BCUT2D eigenvalue weighted by Crippen LogP contribution is 2.54. The van der Waals surface area contributed by atoms with E-state index in [-0.39, 0.29) is 12.3 Å². The van der Waals surface area contributed by atoms with Crippen LogP contribution in [0.4, 0.5) is 28.4 Å². The summed E-state index contributed by atoms with van der Waals surface area (Å²) in [5.74, 6) is 0. The number of fused-ring (bicyclic) bond motifs is 7. The summed E-state index contributed by atoms with van der Waals surface area (Å²) in [6.07, 6.45) is 10.3. The lowest BCUT2D eigenvalue weighted by Gasteiger charge is -2.47. The van der Waals surface area contributed by atoms with Crippen LogP contribution in [0.2, 0.25) is 0 Å². The lowest BCUT2D eigenvalue weighted by atomic mass is 9.43. The van der Waals surface area contributed by atoms with Crippen LogP contribution in [0.5, 0.6) is 0 Å². The largest absolute Gasteiger partial charge is 0.376 e. The van der Waals surface area contributed by atoms with E-state index in [0.29, 0.717) is 0 Å². The van der Waals surface area contributed by atoms with Gasteiger partial charge in [0.25, 0.3) is 0 Å². The molecule has 0 fully saturated rings. The Bertz CT molecular complexity index is 3180. The third-order valence-corrected chi connectivity index (χ3v) is 15.6. The summed E-state index contributed by atoms with van der Waals surface area (Å²) >= 11 is 0. The highest BCUT2D eigenvalue weighted by atomic mass is 15.2. The maximum atomic E-state index is 2.72. The quantitative estimate of drug-likeness (QED) is 0.106. The molecule has 3 aliphatic rings. The van der Waals surface area contributed by atoms with Crippen molar-refractivity contribution in [2.24, 2.45) is 0 Å². The second-order valence-corrected chi connectivity index (χ2v) is 20.5. The second-order valence-electron chi connectivity index (χ2n) is 20.5. The Morgan fingerprint density at radius 1 is 0.441 bits per heavy atom. The van der Waals surface area contributed by atoms with Crippen LogP contribution in [0.3, 0.4) is 0 Å². The molecule has 0 N–H and O–H groups in total. The SMILES string of the molecule is CCCCc1ccc(N2B3c4cc5c(cc4N(c4ccc(CCCC)cc4-c4ccccc4)c4cc(-c6c(C)cccc6C)cc(c43)-c3cc(CCCC)ccc32)C(C)(C)c2ccccc2-5)cc1. The number of benzene rings is 8. The Hall–Kier alpha value is -6.58. The smallest absolute Gasteiger partial charge is 0.333 e. The molecule has 0 saturated carbocycles. The van der Waals surface area contributed by atoms with Gasteiger partial charge >= 0.3 is 6.85 Å². The van der Waals surface area contributed by atoms with E-state index < -0.39 is 0 Å². The van der Waals surface area contributed by atoms with Crippen molar-refractivity contribution >= 4 is 46.2 Å². The van der Waals surface area contributed by atoms with Crippen LogP contribution in [0.15, 0.2) is 158 Å². The molecule has 0 saturated heterocycles. The molecule has 0 bridgehead atoms. The van der Waals surface area contributed by atoms with Gasteiger partial charge in [-0.3, -0.25) is 0 Å². The molecule has 0 amide bonds. The average molecular weight is 885 g/mol. The summed E-state index contributed by atoms with van der Waals surface area (Å²) in [5, 5.41) is 0. The van der Waals surface area contributed by atoms with Crippen LogP contribution in [-0.2, 0) is 24.7 Å². The molecule has 2 aliphatic heterocycles. The minimum Gasteiger partial charge on any atom is -0.376 e. The monoisotopic (exact) mass is 885 g/mol. The molecule has 0 spiro atoms. The van der Waals surface area contributed by atoms with Crippen LogP contribution < -0.4 is 20.6 Å². The minimum absolute atomic E-state index is 0.0843. The fourth-order valence-corrected chi connectivity index (χ4v) is 12.1. The molecule has 68 heavy (non-hydrogen) atoms. The Morgan fingerprint density at radius 2 is 1.06 bits per heavy atom. The summed E-state index contributed by atoms with van der Waals surface area (Å²) in [6, 6.07) is 61.9. The van der Waals surface area contributed by atoms with Gasteiger partial charge in [-0.05, 0) is 190 Å². The molecule has 0 aromatic heterocycles. The van der Waals surface area contributed by atoms with Crippen molar-refractivity contribution in [1.29, 1.82) is 0 Å². The van der Waals surface area contributed by atoms with Crippen LogP contribution in [0, 0.1) is 13.8 Å². The first-order valence-electron chi connectivity index (χ1n) is 25.7. The molecule has 338 valence electrons. The van der Waals surface area contributed by atoms with E-state index in [4.69, 9.17) is 0 Å². The number of rotatable bonds is 13. The topological polar surface area (TPSA) is 6.48 Å². The predicted molar refractivity (Wildman–Crippen MR) is 294 cm³/mol. The number of unbranched alkanes of at least 4 members (excludes halogenated alkanes) is 3. The van der Waals surface area contributed by atoms with E-state index in [0.717, 1.165) is 19.3 Å². The average Bonchev–Trinajstić information content (AvgIpc) is 3.59. The van der Waals surface area contributed by atoms with E-state index >= 15 is 0 Å². The van der Waals surface area contributed by atoms with E-state index in [9.17, 15) is 0 Å². The number of aryl methyl sites for hydroxylation is 5. The maximum Gasteiger partial charge on any atom is 0.333 e. The van der Waals surface area contributed by atoms with Gasteiger partial charge in [-0.25, -0.2) is 0 Å². The van der Waals surface area contributed by atoms with Crippen LogP contribution >= 0.6 is 0 Å². The van der Waals surface area contributed by atoms with Gasteiger partial charge in [0.1, 0.15) is 0 Å². The van der Waals surface area contributed by atoms with E-state index in [1.165, 1.54) is 161 Å². The first kappa shape index (κ1) is 44.0. The summed E-state index contributed by atoms with van der Waals surface area (Å²) in [5.41, 5.74) is 28.9. The number of anilines is 5. The normalized spacial score (nSPS) is 13.8. The third-order valence-electron chi connectivity index (χ3n) is 15.6. The van der Waals surface area contributed by atoms with Gasteiger partial charge < -0.3 is 9.71 Å². The molecular weight excluding hydrogens is 820 g/mol. The maximum absolute atomic E-state index is 2.72.